The number of hydrogen-bond acceptors (Lipinski definition) is 8. The highest BCUT2D eigenvalue weighted by Gasteiger charge is 2.39. The van der Waals surface area contributed by atoms with Gasteiger partial charge in [-0.25, -0.2) is 4.79 Å². The molecule has 14 heteroatoms. The third-order valence-corrected chi connectivity index (χ3v) is 4.78. The van der Waals surface area contributed by atoms with Crippen molar-refractivity contribution < 1.29 is 39.0 Å². The number of thiol groups is 1. The summed E-state index contributed by atoms with van der Waals surface area (Å²) in [6.07, 6.45) is -0.873. The normalized spacial score (nSPS) is 18.7. The Bertz CT molecular complexity index is 718. The van der Waals surface area contributed by atoms with Gasteiger partial charge in [0.25, 0.3) is 0 Å². The molecule has 0 aromatic rings. The zero-order valence-corrected chi connectivity index (χ0v) is 16.8. The van der Waals surface area contributed by atoms with Gasteiger partial charge in [0.15, 0.2) is 0 Å². The number of carboxylic acids is 2. The Morgan fingerprint density at radius 3 is 2.13 bits per heavy atom. The van der Waals surface area contributed by atoms with Gasteiger partial charge in [0.2, 0.25) is 23.6 Å². The number of carbonyl (C=O) groups is 6. The lowest BCUT2D eigenvalue weighted by Crippen LogP contribution is -2.58. The van der Waals surface area contributed by atoms with Crippen LogP contribution in [0, 0.1) is 0 Å². The van der Waals surface area contributed by atoms with Gasteiger partial charge < -0.3 is 37.2 Å². The first-order chi connectivity index (χ1) is 14.0. The highest BCUT2D eigenvalue weighted by molar-refractivity contribution is 7.80. The number of likely N-dealkylation sites (tertiary alicyclic amines) is 1. The van der Waals surface area contributed by atoms with E-state index in [0.717, 1.165) is 4.90 Å². The molecule has 4 atom stereocenters. The van der Waals surface area contributed by atoms with E-state index in [1.807, 2.05) is 0 Å². The monoisotopic (exact) mass is 447 g/mol. The van der Waals surface area contributed by atoms with Crippen molar-refractivity contribution in [2.75, 3.05) is 12.3 Å². The summed E-state index contributed by atoms with van der Waals surface area (Å²) in [5.41, 5.74) is 10.6. The molecule has 168 valence electrons. The maximum absolute atomic E-state index is 12.7. The molecule has 0 aliphatic carbocycles. The Morgan fingerprint density at radius 2 is 1.63 bits per heavy atom. The number of amides is 4. The van der Waals surface area contributed by atoms with Crippen LogP contribution in [-0.4, -0.2) is 87.1 Å². The van der Waals surface area contributed by atoms with Gasteiger partial charge in [0, 0.05) is 12.3 Å². The average molecular weight is 447 g/mol. The van der Waals surface area contributed by atoms with Crippen molar-refractivity contribution in [1.82, 2.24) is 15.5 Å². The van der Waals surface area contributed by atoms with Crippen LogP contribution < -0.4 is 22.1 Å². The Morgan fingerprint density at radius 1 is 1.03 bits per heavy atom. The molecule has 0 spiro atoms. The first-order valence-electron chi connectivity index (χ1n) is 8.98. The molecule has 1 heterocycles. The highest BCUT2D eigenvalue weighted by atomic mass is 32.1. The lowest BCUT2D eigenvalue weighted by molar-refractivity contribution is -0.150. The first kappa shape index (κ1) is 25.2. The summed E-state index contributed by atoms with van der Waals surface area (Å²) >= 11 is 3.85. The summed E-state index contributed by atoms with van der Waals surface area (Å²) in [6, 6.07) is -5.35. The van der Waals surface area contributed by atoms with E-state index >= 15 is 0 Å². The number of carboxylic acid groups (broad SMARTS) is 2. The van der Waals surface area contributed by atoms with Gasteiger partial charge in [0.05, 0.1) is 18.9 Å². The molecule has 1 aliphatic rings. The number of hydrogen-bond donors (Lipinski definition) is 7. The Hall–Kier alpha value is -2.87. The molecular formula is C16H25N5O8S. The van der Waals surface area contributed by atoms with Crippen LogP contribution in [0.3, 0.4) is 0 Å². The predicted molar refractivity (Wildman–Crippen MR) is 104 cm³/mol. The van der Waals surface area contributed by atoms with Crippen molar-refractivity contribution in [3.63, 3.8) is 0 Å². The summed E-state index contributed by atoms with van der Waals surface area (Å²) in [4.78, 5) is 72.0. The zero-order valence-electron chi connectivity index (χ0n) is 15.9. The summed E-state index contributed by atoms with van der Waals surface area (Å²) in [6.45, 7) is 0.0834. The molecule has 0 saturated carbocycles. The quantitative estimate of drug-likeness (QED) is 0.157. The van der Waals surface area contributed by atoms with E-state index in [1.54, 1.807) is 0 Å². The van der Waals surface area contributed by atoms with Crippen molar-refractivity contribution in [3.8, 4) is 0 Å². The first-order valence-corrected chi connectivity index (χ1v) is 9.61. The molecule has 0 aromatic heterocycles. The molecule has 8 N–H and O–H groups in total. The van der Waals surface area contributed by atoms with Gasteiger partial charge in [-0.05, 0) is 12.8 Å². The summed E-state index contributed by atoms with van der Waals surface area (Å²) in [5.74, 6) is -6.42. The second-order valence-electron chi connectivity index (χ2n) is 6.71. The molecule has 0 aromatic carbocycles. The van der Waals surface area contributed by atoms with Crippen molar-refractivity contribution in [2.45, 2.75) is 49.9 Å². The fourth-order valence-corrected chi connectivity index (χ4v) is 3.07. The van der Waals surface area contributed by atoms with Gasteiger partial charge in [0.1, 0.15) is 18.1 Å². The van der Waals surface area contributed by atoms with Crippen molar-refractivity contribution >= 4 is 48.2 Å². The third kappa shape index (κ3) is 7.18. The predicted octanol–water partition coefficient (Wildman–Crippen LogP) is -3.36. The maximum Gasteiger partial charge on any atom is 0.326 e. The summed E-state index contributed by atoms with van der Waals surface area (Å²) < 4.78 is 0. The van der Waals surface area contributed by atoms with Gasteiger partial charge in [-0.15, -0.1) is 0 Å². The van der Waals surface area contributed by atoms with Crippen molar-refractivity contribution in [3.05, 3.63) is 0 Å². The molecule has 1 aliphatic heterocycles. The number of nitrogens with zero attached hydrogens (tertiary/aromatic N) is 1. The van der Waals surface area contributed by atoms with Crippen LogP contribution in [0.25, 0.3) is 0 Å². The summed E-state index contributed by atoms with van der Waals surface area (Å²) in [5, 5.41) is 22.7. The minimum atomic E-state index is -1.61. The van der Waals surface area contributed by atoms with Gasteiger partial charge in [-0.2, -0.15) is 12.6 Å². The van der Waals surface area contributed by atoms with E-state index in [2.05, 4.69) is 23.3 Å². The number of aliphatic carboxylic acids is 2. The molecular weight excluding hydrogens is 422 g/mol. The molecule has 1 saturated heterocycles. The fraction of sp³-hybridized carbons (Fsp3) is 0.625. The molecule has 0 bridgehead atoms. The second kappa shape index (κ2) is 11.3. The van der Waals surface area contributed by atoms with Crippen molar-refractivity contribution in [1.29, 1.82) is 0 Å². The van der Waals surface area contributed by atoms with E-state index < -0.39 is 72.6 Å². The smallest absolute Gasteiger partial charge is 0.326 e. The van der Waals surface area contributed by atoms with E-state index in [9.17, 15) is 33.9 Å². The standard InChI is InChI=1S/C16H25N5O8S/c17-7(6-30)13(25)19-8(4-11(18)22)14(26)20-9(5-12(23)24)15(27)21-3-1-2-10(21)16(28)29/h7-10,30H,1-6,17H2,(H2,18,22)(H,19,25)(H,20,26)(H,23,24)(H,28,29). The average Bonchev–Trinajstić information content (AvgIpc) is 3.14. The molecule has 4 amide bonds. The minimum absolute atomic E-state index is 0.0532. The van der Waals surface area contributed by atoms with Crippen LogP contribution >= 0.6 is 12.6 Å². The van der Waals surface area contributed by atoms with Crippen LogP contribution in [0.15, 0.2) is 0 Å². The van der Waals surface area contributed by atoms with Gasteiger partial charge in [-0.3, -0.25) is 24.0 Å². The van der Waals surface area contributed by atoms with E-state index in [4.69, 9.17) is 16.6 Å². The molecule has 1 fully saturated rings. The fourth-order valence-electron chi connectivity index (χ4n) is 2.91. The number of nitrogens with two attached hydrogens (primary N) is 2. The SMILES string of the molecule is NC(=O)CC(NC(=O)C(N)CS)C(=O)NC(CC(=O)O)C(=O)N1CCCC1C(=O)O. The number of carbonyl (C=O) groups excluding carboxylic acids is 4. The van der Waals surface area contributed by atoms with E-state index in [1.165, 1.54) is 0 Å². The second-order valence-corrected chi connectivity index (χ2v) is 7.07. The van der Waals surface area contributed by atoms with E-state index in [0.29, 0.717) is 6.42 Å². The number of primary amides is 1. The minimum Gasteiger partial charge on any atom is -0.481 e. The van der Waals surface area contributed by atoms with Crippen LogP contribution in [-0.2, 0) is 28.8 Å². The van der Waals surface area contributed by atoms with Crippen LogP contribution in [0.4, 0.5) is 0 Å². The van der Waals surface area contributed by atoms with E-state index in [-0.39, 0.29) is 18.7 Å². The lowest BCUT2D eigenvalue weighted by atomic mass is 10.1. The Balaban J connectivity index is 3.01. The molecule has 4 unspecified atom stereocenters. The largest absolute Gasteiger partial charge is 0.481 e. The zero-order chi connectivity index (χ0) is 23.0. The number of rotatable bonds is 11. The van der Waals surface area contributed by atoms with Crippen LogP contribution in [0.2, 0.25) is 0 Å². The highest BCUT2D eigenvalue weighted by Crippen LogP contribution is 2.19. The summed E-state index contributed by atoms with van der Waals surface area (Å²) in [7, 11) is 0. The van der Waals surface area contributed by atoms with Gasteiger partial charge >= 0.3 is 11.9 Å². The molecule has 30 heavy (non-hydrogen) atoms. The Labute approximate surface area is 176 Å². The molecule has 0 radical (unpaired) electrons. The van der Waals surface area contributed by atoms with Gasteiger partial charge in [-0.1, -0.05) is 0 Å². The molecule has 1 rings (SSSR count). The maximum atomic E-state index is 12.7. The third-order valence-electron chi connectivity index (χ3n) is 4.39. The lowest BCUT2D eigenvalue weighted by Gasteiger charge is -2.28. The molecule has 13 nitrogen and oxygen atoms in total. The Kier molecular flexibility index (Phi) is 9.52. The van der Waals surface area contributed by atoms with Crippen LogP contribution in [0.1, 0.15) is 25.7 Å². The number of nitrogens with one attached hydrogen (secondary N) is 2. The van der Waals surface area contributed by atoms with Crippen LogP contribution in [0.5, 0.6) is 0 Å². The van der Waals surface area contributed by atoms with Crippen molar-refractivity contribution in [2.24, 2.45) is 11.5 Å². The topological polar surface area (TPSA) is 222 Å².